The number of benzene rings is 1. The number of β-amino-alcohol motifs (C(OH)–C–C–N with tert-alkyl or cyclic N) is 1. The predicted octanol–water partition coefficient (Wildman–Crippen LogP) is 3.22. The number of likely N-dealkylation sites (tertiary alicyclic amines) is 1. The van der Waals surface area contributed by atoms with Gasteiger partial charge in [-0.25, -0.2) is 4.39 Å². The minimum Gasteiger partial charge on any atom is -0.395 e. The number of piperidine rings is 1. The molecule has 0 bridgehead atoms. The van der Waals surface area contributed by atoms with Crippen LogP contribution in [0.15, 0.2) is 22.7 Å². The van der Waals surface area contributed by atoms with Crippen LogP contribution in [0.2, 0.25) is 0 Å². The van der Waals surface area contributed by atoms with E-state index in [0.29, 0.717) is 16.5 Å². The minimum absolute atomic E-state index is 0.225. The maximum Gasteiger partial charge on any atom is 0.206 e. The van der Waals surface area contributed by atoms with Crippen LogP contribution >= 0.6 is 27.3 Å². The van der Waals surface area contributed by atoms with Crippen molar-refractivity contribution in [2.24, 2.45) is 5.92 Å². The maximum absolute atomic E-state index is 13.9. The second-order valence-electron chi connectivity index (χ2n) is 5.93. The number of hydrogen-bond donors (Lipinski definition) is 2. The zero-order valence-electron chi connectivity index (χ0n) is 13.2. The Morgan fingerprint density at radius 1 is 1.33 bits per heavy atom. The molecule has 0 aliphatic carbocycles. The minimum atomic E-state index is -0.294. The van der Waals surface area contributed by atoms with Crippen molar-refractivity contribution in [2.75, 3.05) is 38.1 Å². The molecule has 1 aliphatic heterocycles. The lowest BCUT2D eigenvalue weighted by Crippen LogP contribution is -2.37. The molecular weight excluding hydrogens is 395 g/mol. The predicted molar refractivity (Wildman–Crippen MR) is 97.7 cm³/mol. The largest absolute Gasteiger partial charge is 0.395 e. The van der Waals surface area contributed by atoms with Crippen LogP contribution in [0.3, 0.4) is 0 Å². The molecule has 1 aromatic heterocycles. The van der Waals surface area contributed by atoms with E-state index in [4.69, 9.17) is 5.11 Å². The zero-order chi connectivity index (χ0) is 16.9. The summed E-state index contributed by atoms with van der Waals surface area (Å²) in [6.45, 7) is 3.89. The monoisotopic (exact) mass is 414 g/mol. The lowest BCUT2D eigenvalue weighted by atomic mass is 9.97. The normalized spacial score (nSPS) is 16.5. The molecule has 5 nitrogen and oxygen atoms in total. The fourth-order valence-electron chi connectivity index (χ4n) is 2.85. The van der Waals surface area contributed by atoms with Gasteiger partial charge in [0.05, 0.1) is 6.61 Å². The van der Waals surface area contributed by atoms with Gasteiger partial charge in [-0.3, -0.25) is 0 Å². The van der Waals surface area contributed by atoms with Crippen LogP contribution in [0.25, 0.3) is 10.6 Å². The van der Waals surface area contributed by atoms with Gasteiger partial charge in [0.2, 0.25) is 5.13 Å². The van der Waals surface area contributed by atoms with E-state index in [2.05, 4.69) is 36.3 Å². The molecule has 1 aromatic carbocycles. The summed E-state index contributed by atoms with van der Waals surface area (Å²) in [5.74, 6) is 0.298. The van der Waals surface area contributed by atoms with Gasteiger partial charge in [0.25, 0.3) is 0 Å². The average Bonchev–Trinajstić information content (AvgIpc) is 3.05. The summed E-state index contributed by atoms with van der Waals surface area (Å²) < 4.78 is 14.7. The highest BCUT2D eigenvalue weighted by molar-refractivity contribution is 9.10. The lowest BCUT2D eigenvalue weighted by Gasteiger charge is -2.31. The van der Waals surface area contributed by atoms with Gasteiger partial charge in [-0.05, 0) is 50.0 Å². The van der Waals surface area contributed by atoms with Gasteiger partial charge in [0.15, 0.2) is 5.01 Å². The summed E-state index contributed by atoms with van der Waals surface area (Å²) in [5, 5.41) is 21.8. The second kappa shape index (κ2) is 8.33. The standard InChI is InChI=1S/C16H20BrFN4OS/c17-12-1-2-14(18)13(9-12)15-20-21-16(24-15)19-10-11-3-5-22(6-4-11)7-8-23/h1-2,9,11,23H,3-8,10H2,(H,19,21). The van der Waals surface area contributed by atoms with Gasteiger partial charge in [-0.15, -0.1) is 10.2 Å². The van der Waals surface area contributed by atoms with E-state index in [1.807, 2.05) is 0 Å². The van der Waals surface area contributed by atoms with Gasteiger partial charge in [0.1, 0.15) is 5.82 Å². The first-order valence-electron chi connectivity index (χ1n) is 8.01. The number of anilines is 1. The third kappa shape index (κ3) is 4.50. The highest BCUT2D eigenvalue weighted by atomic mass is 79.9. The number of nitrogens with one attached hydrogen (secondary N) is 1. The van der Waals surface area contributed by atoms with Crippen molar-refractivity contribution in [3.05, 3.63) is 28.5 Å². The first kappa shape index (κ1) is 17.7. The number of hydrogen-bond acceptors (Lipinski definition) is 6. The number of halogens is 2. The molecule has 0 amide bonds. The molecule has 24 heavy (non-hydrogen) atoms. The van der Waals surface area contributed by atoms with E-state index in [-0.39, 0.29) is 12.4 Å². The van der Waals surface area contributed by atoms with Crippen molar-refractivity contribution < 1.29 is 9.50 Å². The summed E-state index contributed by atoms with van der Waals surface area (Å²) in [6, 6.07) is 4.81. The van der Waals surface area contributed by atoms with Crippen molar-refractivity contribution >= 4 is 32.4 Å². The van der Waals surface area contributed by atoms with Crippen molar-refractivity contribution in [3.8, 4) is 10.6 Å². The molecule has 130 valence electrons. The van der Waals surface area contributed by atoms with E-state index < -0.39 is 0 Å². The Labute approximate surface area is 153 Å². The quantitative estimate of drug-likeness (QED) is 0.759. The number of aliphatic hydroxyl groups is 1. The summed E-state index contributed by atoms with van der Waals surface area (Å²) >= 11 is 4.72. The van der Waals surface area contributed by atoms with E-state index >= 15 is 0 Å². The average molecular weight is 415 g/mol. The molecule has 1 saturated heterocycles. The Hall–Kier alpha value is -1.09. The molecule has 3 rings (SSSR count). The molecule has 0 radical (unpaired) electrons. The molecule has 2 heterocycles. The molecule has 0 saturated carbocycles. The molecule has 2 aromatic rings. The topological polar surface area (TPSA) is 61.3 Å². The number of rotatable bonds is 6. The third-order valence-corrected chi connectivity index (χ3v) is 5.66. The molecule has 0 atom stereocenters. The van der Waals surface area contributed by atoms with Crippen LogP contribution in [0.4, 0.5) is 9.52 Å². The van der Waals surface area contributed by atoms with Crippen LogP contribution in [-0.2, 0) is 0 Å². The molecule has 2 N–H and O–H groups in total. The van der Waals surface area contributed by atoms with Crippen LogP contribution in [0, 0.1) is 11.7 Å². The van der Waals surface area contributed by atoms with E-state index in [9.17, 15) is 4.39 Å². The Morgan fingerprint density at radius 3 is 2.88 bits per heavy atom. The summed E-state index contributed by atoms with van der Waals surface area (Å²) in [5.41, 5.74) is 0.465. The fraction of sp³-hybridized carbons (Fsp3) is 0.500. The second-order valence-corrected chi connectivity index (χ2v) is 7.82. The molecule has 8 heteroatoms. The smallest absolute Gasteiger partial charge is 0.206 e. The van der Waals surface area contributed by atoms with E-state index in [0.717, 1.165) is 48.6 Å². The number of nitrogens with zero attached hydrogens (tertiary/aromatic N) is 3. The molecule has 1 aliphatic rings. The third-order valence-electron chi connectivity index (χ3n) is 4.25. The Bertz CT molecular complexity index is 676. The summed E-state index contributed by atoms with van der Waals surface area (Å²) in [4.78, 5) is 2.29. The molecule has 0 unspecified atom stereocenters. The first-order chi connectivity index (χ1) is 11.7. The maximum atomic E-state index is 13.9. The zero-order valence-corrected chi connectivity index (χ0v) is 15.6. The Kier molecular flexibility index (Phi) is 6.15. The summed E-state index contributed by atoms with van der Waals surface area (Å²) in [7, 11) is 0. The lowest BCUT2D eigenvalue weighted by molar-refractivity contribution is 0.151. The van der Waals surface area contributed by atoms with Gasteiger partial charge in [-0.2, -0.15) is 0 Å². The van der Waals surface area contributed by atoms with Gasteiger partial charge in [0, 0.05) is 23.1 Å². The molecule has 1 fully saturated rings. The highest BCUT2D eigenvalue weighted by Gasteiger charge is 2.19. The summed E-state index contributed by atoms with van der Waals surface area (Å²) in [6.07, 6.45) is 2.22. The van der Waals surface area contributed by atoms with Gasteiger partial charge >= 0.3 is 0 Å². The molecule has 0 spiro atoms. The fourth-order valence-corrected chi connectivity index (χ4v) is 3.98. The van der Waals surface area contributed by atoms with Crippen LogP contribution in [0.1, 0.15) is 12.8 Å². The number of aliphatic hydroxyl groups excluding tert-OH is 1. The highest BCUT2D eigenvalue weighted by Crippen LogP contribution is 2.30. The van der Waals surface area contributed by atoms with Gasteiger partial charge < -0.3 is 15.3 Å². The SMILES string of the molecule is OCCN1CCC(CNc2nnc(-c3cc(Br)ccc3F)s2)CC1. The Balaban J connectivity index is 1.54. The number of aromatic nitrogens is 2. The van der Waals surface area contributed by atoms with Crippen molar-refractivity contribution in [2.45, 2.75) is 12.8 Å². The Morgan fingerprint density at radius 2 is 2.12 bits per heavy atom. The van der Waals surface area contributed by atoms with Crippen molar-refractivity contribution in [3.63, 3.8) is 0 Å². The van der Waals surface area contributed by atoms with E-state index in [1.165, 1.54) is 17.4 Å². The van der Waals surface area contributed by atoms with Crippen LogP contribution in [-0.4, -0.2) is 53.0 Å². The van der Waals surface area contributed by atoms with Crippen LogP contribution in [0.5, 0.6) is 0 Å². The molecular formula is C16H20BrFN4OS. The van der Waals surface area contributed by atoms with E-state index in [1.54, 1.807) is 12.1 Å². The van der Waals surface area contributed by atoms with Crippen LogP contribution < -0.4 is 5.32 Å². The van der Waals surface area contributed by atoms with Crippen molar-refractivity contribution in [1.29, 1.82) is 0 Å². The van der Waals surface area contributed by atoms with Crippen molar-refractivity contribution in [1.82, 2.24) is 15.1 Å². The first-order valence-corrected chi connectivity index (χ1v) is 9.62. The van der Waals surface area contributed by atoms with Gasteiger partial charge in [-0.1, -0.05) is 27.3 Å².